The zero-order valence-corrected chi connectivity index (χ0v) is 18.4. The number of aliphatic imine (C=N–C) groups is 1. The number of anilines is 1. The number of carbonyl (C=O) groups excluding carboxylic acids is 1. The molecule has 1 aliphatic heterocycles. The topological polar surface area (TPSA) is 45.1 Å². The van der Waals surface area contributed by atoms with Crippen LogP contribution in [0.5, 0.6) is 5.75 Å². The van der Waals surface area contributed by atoms with E-state index in [0.717, 1.165) is 41.3 Å². The number of carbonyl (C=O) groups is 1. The molecular weight excluding hydrogens is 382 g/mol. The molecule has 1 saturated heterocycles. The lowest BCUT2D eigenvalue weighted by Crippen LogP contribution is -2.23. The summed E-state index contributed by atoms with van der Waals surface area (Å²) in [6, 6.07) is 14.0. The molecule has 3 rings (SSSR count). The van der Waals surface area contributed by atoms with Crippen LogP contribution in [0.3, 0.4) is 0 Å². The van der Waals surface area contributed by atoms with Gasteiger partial charge in [-0.05, 0) is 62.4 Å². The van der Waals surface area contributed by atoms with Crippen molar-refractivity contribution in [2.45, 2.75) is 20.8 Å². The fraction of sp³-hybridized carbons (Fsp3) is 0.304. The standard InChI is InChI=1S/C23H27N3O2S/c1-6-26(7-2)18-13-12-17(20(15-18)28-5)14-21-22(27)25(4)23(29-21)24-19-11-9-8-10-16(19)3/h8-15H,6-7H2,1-5H3/b21-14+,24-23?. The van der Waals surface area contributed by atoms with Gasteiger partial charge in [-0.1, -0.05) is 18.2 Å². The predicted molar refractivity (Wildman–Crippen MR) is 123 cm³/mol. The van der Waals surface area contributed by atoms with Crippen LogP contribution in [0.1, 0.15) is 25.0 Å². The molecule has 0 aliphatic carbocycles. The van der Waals surface area contributed by atoms with Crippen molar-refractivity contribution < 1.29 is 9.53 Å². The molecule has 0 saturated carbocycles. The molecule has 1 amide bonds. The summed E-state index contributed by atoms with van der Waals surface area (Å²) in [5, 5.41) is 0.675. The summed E-state index contributed by atoms with van der Waals surface area (Å²) in [5.41, 5.74) is 3.94. The molecule has 1 aliphatic rings. The summed E-state index contributed by atoms with van der Waals surface area (Å²) in [6.07, 6.45) is 1.88. The summed E-state index contributed by atoms with van der Waals surface area (Å²) in [4.78, 5) is 21.9. The molecule has 2 aromatic carbocycles. The first-order valence-corrected chi connectivity index (χ1v) is 10.5. The molecule has 0 spiro atoms. The van der Waals surface area contributed by atoms with Crippen molar-refractivity contribution in [3.05, 3.63) is 58.5 Å². The van der Waals surface area contributed by atoms with Gasteiger partial charge in [-0.25, -0.2) is 4.99 Å². The van der Waals surface area contributed by atoms with Crippen molar-refractivity contribution in [1.29, 1.82) is 0 Å². The van der Waals surface area contributed by atoms with Gasteiger partial charge in [-0.2, -0.15) is 0 Å². The molecule has 0 radical (unpaired) electrons. The second kappa shape index (κ2) is 9.18. The minimum Gasteiger partial charge on any atom is -0.496 e. The van der Waals surface area contributed by atoms with Crippen molar-refractivity contribution in [3.8, 4) is 5.75 Å². The van der Waals surface area contributed by atoms with E-state index >= 15 is 0 Å². The minimum absolute atomic E-state index is 0.0581. The van der Waals surface area contributed by atoms with Crippen LogP contribution in [0.4, 0.5) is 11.4 Å². The van der Waals surface area contributed by atoms with Crippen molar-refractivity contribution in [2.75, 3.05) is 32.1 Å². The number of likely N-dealkylation sites (N-methyl/N-ethyl adjacent to an activating group) is 1. The van der Waals surface area contributed by atoms with E-state index in [2.05, 4.69) is 29.8 Å². The van der Waals surface area contributed by atoms with Gasteiger partial charge in [0.05, 0.1) is 17.7 Å². The summed E-state index contributed by atoms with van der Waals surface area (Å²) in [6.45, 7) is 8.13. The van der Waals surface area contributed by atoms with Gasteiger partial charge in [0.15, 0.2) is 5.17 Å². The van der Waals surface area contributed by atoms with E-state index < -0.39 is 0 Å². The molecule has 6 heteroatoms. The quantitative estimate of drug-likeness (QED) is 0.624. The summed E-state index contributed by atoms with van der Waals surface area (Å²) < 4.78 is 5.60. The monoisotopic (exact) mass is 409 g/mol. The fourth-order valence-corrected chi connectivity index (χ4v) is 4.16. The number of rotatable bonds is 6. The van der Waals surface area contributed by atoms with Gasteiger partial charge in [0, 0.05) is 37.5 Å². The molecule has 1 fully saturated rings. The van der Waals surface area contributed by atoms with Gasteiger partial charge in [-0.15, -0.1) is 0 Å². The Labute approximate surface area is 177 Å². The fourth-order valence-electron chi connectivity index (χ4n) is 3.19. The lowest BCUT2D eigenvalue weighted by molar-refractivity contribution is -0.121. The summed E-state index contributed by atoms with van der Waals surface area (Å²) >= 11 is 1.39. The van der Waals surface area contributed by atoms with Crippen molar-refractivity contribution in [1.82, 2.24) is 4.90 Å². The average Bonchev–Trinajstić information content (AvgIpc) is 2.99. The number of ether oxygens (including phenoxy) is 1. The number of amidine groups is 1. The van der Waals surface area contributed by atoms with E-state index in [0.29, 0.717) is 10.1 Å². The number of thioether (sulfide) groups is 1. The van der Waals surface area contributed by atoms with Crippen molar-refractivity contribution in [3.63, 3.8) is 0 Å². The van der Waals surface area contributed by atoms with Gasteiger partial charge >= 0.3 is 0 Å². The molecule has 29 heavy (non-hydrogen) atoms. The second-order valence-corrected chi connectivity index (χ2v) is 7.76. The van der Waals surface area contributed by atoms with Gasteiger partial charge in [-0.3, -0.25) is 9.69 Å². The number of methoxy groups -OCH3 is 1. The Morgan fingerprint density at radius 2 is 1.90 bits per heavy atom. The van der Waals surface area contributed by atoms with Crippen LogP contribution in [-0.2, 0) is 4.79 Å². The van der Waals surface area contributed by atoms with Crippen LogP contribution in [0.25, 0.3) is 6.08 Å². The largest absolute Gasteiger partial charge is 0.496 e. The molecule has 152 valence electrons. The lowest BCUT2D eigenvalue weighted by Gasteiger charge is -2.22. The molecule has 2 aromatic rings. The Kier molecular flexibility index (Phi) is 6.64. The first-order valence-electron chi connectivity index (χ1n) is 9.73. The van der Waals surface area contributed by atoms with Crippen LogP contribution in [0.15, 0.2) is 52.4 Å². The Morgan fingerprint density at radius 3 is 2.55 bits per heavy atom. The highest BCUT2D eigenvalue weighted by Gasteiger charge is 2.30. The van der Waals surface area contributed by atoms with E-state index in [9.17, 15) is 4.79 Å². The number of hydrogen-bond acceptors (Lipinski definition) is 5. The second-order valence-electron chi connectivity index (χ2n) is 6.75. The number of nitrogens with zero attached hydrogens (tertiary/aromatic N) is 3. The van der Waals surface area contributed by atoms with Crippen LogP contribution < -0.4 is 9.64 Å². The van der Waals surface area contributed by atoms with Gasteiger partial charge in [0.2, 0.25) is 0 Å². The van der Waals surface area contributed by atoms with Crippen LogP contribution in [0, 0.1) is 6.92 Å². The maximum Gasteiger partial charge on any atom is 0.266 e. The third-order valence-corrected chi connectivity index (χ3v) is 6.03. The normalized spacial score (nSPS) is 16.7. The van der Waals surface area contributed by atoms with E-state index in [-0.39, 0.29) is 5.91 Å². The molecule has 0 aromatic heterocycles. The van der Waals surface area contributed by atoms with Crippen LogP contribution >= 0.6 is 11.8 Å². The van der Waals surface area contributed by atoms with E-state index in [1.807, 2.05) is 49.4 Å². The third kappa shape index (κ3) is 4.48. The Bertz CT molecular complexity index is 964. The molecule has 1 heterocycles. The van der Waals surface area contributed by atoms with Gasteiger partial charge in [0.1, 0.15) is 5.75 Å². The third-order valence-electron chi connectivity index (χ3n) is 4.97. The molecule has 0 bridgehead atoms. The highest BCUT2D eigenvalue weighted by Crippen LogP contribution is 2.36. The average molecular weight is 410 g/mol. The molecule has 0 N–H and O–H groups in total. The van der Waals surface area contributed by atoms with E-state index in [4.69, 9.17) is 4.74 Å². The van der Waals surface area contributed by atoms with Crippen molar-refractivity contribution >= 4 is 40.3 Å². The van der Waals surface area contributed by atoms with E-state index in [1.165, 1.54) is 11.8 Å². The Morgan fingerprint density at radius 1 is 1.17 bits per heavy atom. The molecule has 0 atom stereocenters. The Hall–Kier alpha value is -2.73. The highest BCUT2D eigenvalue weighted by molar-refractivity contribution is 8.18. The minimum atomic E-state index is -0.0581. The Balaban J connectivity index is 1.92. The number of hydrogen-bond donors (Lipinski definition) is 0. The summed E-state index contributed by atoms with van der Waals surface area (Å²) in [7, 11) is 3.41. The number of para-hydroxylation sites is 1. The molecule has 5 nitrogen and oxygen atoms in total. The van der Waals surface area contributed by atoms with E-state index in [1.54, 1.807) is 19.1 Å². The lowest BCUT2D eigenvalue weighted by atomic mass is 10.1. The smallest absolute Gasteiger partial charge is 0.266 e. The van der Waals surface area contributed by atoms with Crippen molar-refractivity contribution in [2.24, 2.45) is 4.99 Å². The van der Waals surface area contributed by atoms with Crippen LogP contribution in [-0.4, -0.2) is 43.2 Å². The number of aryl methyl sites for hydroxylation is 1. The molecular formula is C23H27N3O2S. The predicted octanol–water partition coefficient (Wildman–Crippen LogP) is 5.08. The number of amides is 1. The molecule has 0 unspecified atom stereocenters. The first-order chi connectivity index (χ1) is 14.0. The zero-order valence-electron chi connectivity index (χ0n) is 17.6. The SMILES string of the molecule is CCN(CC)c1ccc(/C=C2/SC(=Nc3ccccc3C)N(C)C2=O)c(OC)c1. The van der Waals surface area contributed by atoms with Gasteiger partial charge in [0.25, 0.3) is 5.91 Å². The van der Waals surface area contributed by atoms with Gasteiger partial charge < -0.3 is 9.64 Å². The van der Waals surface area contributed by atoms with Crippen LogP contribution in [0.2, 0.25) is 0 Å². The number of benzene rings is 2. The summed E-state index contributed by atoms with van der Waals surface area (Å²) in [5.74, 6) is 0.694. The highest BCUT2D eigenvalue weighted by atomic mass is 32.2. The maximum absolute atomic E-state index is 12.8. The zero-order chi connectivity index (χ0) is 21.0. The first kappa shape index (κ1) is 21.0. The maximum atomic E-state index is 12.8.